The second-order valence-corrected chi connectivity index (χ2v) is 4.74. The summed E-state index contributed by atoms with van der Waals surface area (Å²) in [5, 5.41) is 3.34. The van der Waals surface area contributed by atoms with Crippen molar-refractivity contribution in [3.05, 3.63) is 59.2 Å². The first kappa shape index (κ1) is 13.6. The van der Waals surface area contributed by atoms with Crippen molar-refractivity contribution in [2.75, 3.05) is 6.54 Å². The van der Waals surface area contributed by atoms with Gasteiger partial charge in [0.2, 0.25) is 0 Å². The zero-order valence-electron chi connectivity index (χ0n) is 11.9. The van der Waals surface area contributed by atoms with Crippen LogP contribution in [0.15, 0.2) is 42.5 Å². The SMILES string of the molecule is CCNCc1ccc(Oc2ccccc2C)cc1C. The molecule has 0 fully saturated rings. The summed E-state index contributed by atoms with van der Waals surface area (Å²) in [5.74, 6) is 1.81. The molecule has 0 radical (unpaired) electrons. The van der Waals surface area contributed by atoms with E-state index >= 15 is 0 Å². The maximum absolute atomic E-state index is 5.93. The fourth-order valence-corrected chi connectivity index (χ4v) is 1.99. The van der Waals surface area contributed by atoms with Crippen LogP contribution in [0.4, 0.5) is 0 Å². The van der Waals surface area contributed by atoms with Crippen molar-refractivity contribution in [1.29, 1.82) is 0 Å². The maximum atomic E-state index is 5.93. The van der Waals surface area contributed by atoms with Gasteiger partial charge in [-0.1, -0.05) is 31.2 Å². The van der Waals surface area contributed by atoms with E-state index in [0.29, 0.717) is 0 Å². The molecule has 0 aliphatic carbocycles. The Bertz CT molecular complexity index is 549. The van der Waals surface area contributed by atoms with E-state index < -0.39 is 0 Å². The van der Waals surface area contributed by atoms with Crippen LogP contribution in [-0.4, -0.2) is 6.54 Å². The second-order valence-electron chi connectivity index (χ2n) is 4.74. The normalized spacial score (nSPS) is 10.5. The van der Waals surface area contributed by atoms with Crippen LogP contribution in [0.1, 0.15) is 23.6 Å². The van der Waals surface area contributed by atoms with Gasteiger partial charge in [-0.3, -0.25) is 0 Å². The van der Waals surface area contributed by atoms with Crippen LogP contribution in [0.25, 0.3) is 0 Å². The summed E-state index contributed by atoms with van der Waals surface area (Å²) < 4.78 is 5.93. The van der Waals surface area contributed by atoms with Crippen molar-refractivity contribution >= 4 is 0 Å². The minimum atomic E-state index is 0.895. The number of rotatable bonds is 5. The lowest BCUT2D eigenvalue weighted by molar-refractivity contribution is 0.478. The standard InChI is InChI=1S/C17H21NO/c1-4-18-12-15-9-10-16(11-14(15)3)19-17-8-6-5-7-13(17)2/h5-11,18H,4,12H2,1-3H3. The molecule has 2 heteroatoms. The van der Waals surface area contributed by atoms with Crippen molar-refractivity contribution in [2.45, 2.75) is 27.3 Å². The van der Waals surface area contributed by atoms with Gasteiger partial charge < -0.3 is 10.1 Å². The van der Waals surface area contributed by atoms with Crippen LogP contribution >= 0.6 is 0 Å². The number of benzene rings is 2. The molecule has 0 amide bonds. The third kappa shape index (κ3) is 3.58. The summed E-state index contributed by atoms with van der Waals surface area (Å²) >= 11 is 0. The van der Waals surface area contributed by atoms with E-state index in [-0.39, 0.29) is 0 Å². The number of nitrogens with one attached hydrogen (secondary N) is 1. The smallest absolute Gasteiger partial charge is 0.130 e. The molecular formula is C17H21NO. The third-order valence-electron chi connectivity index (χ3n) is 3.20. The van der Waals surface area contributed by atoms with Crippen LogP contribution in [0.5, 0.6) is 11.5 Å². The van der Waals surface area contributed by atoms with Gasteiger partial charge in [0, 0.05) is 6.54 Å². The molecule has 0 heterocycles. The molecule has 2 rings (SSSR count). The molecule has 0 bridgehead atoms. The fraction of sp³-hybridized carbons (Fsp3) is 0.294. The predicted octanol–water partition coefficient (Wildman–Crippen LogP) is 4.21. The maximum Gasteiger partial charge on any atom is 0.130 e. The Hall–Kier alpha value is -1.80. The first-order valence-corrected chi connectivity index (χ1v) is 6.74. The molecule has 1 N–H and O–H groups in total. The Kier molecular flexibility index (Phi) is 4.58. The summed E-state index contributed by atoms with van der Waals surface area (Å²) in [6.07, 6.45) is 0. The Labute approximate surface area is 115 Å². The highest BCUT2D eigenvalue weighted by Gasteiger charge is 2.03. The van der Waals surface area contributed by atoms with E-state index in [9.17, 15) is 0 Å². The van der Waals surface area contributed by atoms with Gasteiger partial charge >= 0.3 is 0 Å². The van der Waals surface area contributed by atoms with Crippen molar-refractivity contribution in [2.24, 2.45) is 0 Å². The molecule has 0 saturated carbocycles. The summed E-state index contributed by atoms with van der Waals surface area (Å²) in [4.78, 5) is 0. The van der Waals surface area contributed by atoms with Crippen LogP contribution in [-0.2, 0) is 6.54 Å². The zero-order valence-corrected chi connectivity index (χ0v) is 11.9. The van der Waals surface area contributed by atoms with Crippen LogP contribution in [0, 0.1) is 13.8 Å². The molecule has 2 aromatic rings. The lowest BCUT2D eigenvalue weighted by Gasteiger charge is -2.11. The van der Waals surface area contributed by atoms with Gasteiger partial charge in [0.15, 0.2) is 0 Å². The van der Waals surface area contributed by atoms with Gasteiger partial charge in [0.25, 0.3) is 0 Å². The number of hydrogen-bond donors (Lipinski definition) is 1. The second kappa shape index (κ2) is 6.39. The number of hydrogen-bond acceptors (Lipinski definition) is 2. The Morgan fingerprint density at radius 3 is 2.47 bits per heavy atom. The van der Waals surface area contributed by atoms with E-state index in [1.165, 1.54) is 11.1 Å². The molecule has 0 spiro atoms. The van der Waals surface area contributed by atoms with E-state index in [2.05, 4.69) is 44.3 Å². The summed E-state index contributed by atoms with van der Waals surface area (Å²) in [6, 6.07) is 14.3. The van der Waals surface area contributed by atoms with Crippen molar-refractivity contribution < 1.29 is 4.74 Å². The Balaban J connectivity index is 2.14. The number of para-hydroxylation sites is 1. The summed E-state index contributed by atoms with van der Waals surface area (Å²) in [6.45, 7) is 8.19. The molecule has 2 nitrogen and oxygen atoms in total. The lowest BCUT2D eigenvalue weighted by atomic mass is 10.1. The summed E-state index contributed by atoms with van der Waals surface area (Å²) in [7, 11) is 0. The fourth-order valence-electron chi connectivity index (χ4n) is 1.99. The highest BCUT2D eigenvalue weighted by molar-refractivity contribution is 5.40. The molecule has 19 heavy (non-hydrogen) atoms. The van der Waals surface area contributed by atoms with Crippen LogP contribution in [0.3, 0.4) is 0 Å². The van der Waals surface area contributed by atoms with Gasteiger partial charge in [-0.2, -0.15) is 0 Å². The van der Waals surface area contributed by atoms with E-state index in [0.717, 1.165) is 30.2 Å². The van der Waals surface area contributed by atoms with Crippen LogP contribution in [0.2, 0.25) is 0 Å². The third-order valence-corrected chi connectivity index (χ3v) is 3.20. The van der Waals surface area contributed by atoms with E-state index in [1.54, 1.807) is 0 Å². The van der Waals surface area contributed by atoms with Gasteiger partial charge in [-0.05, 0) is 55.3 Å². The zero-order chi connectivity index (χ0) is 13.7. The predicted molar refractivity (Wildman–Crippen MR) is 79.8 cm³/mol. The highest BCUT2D eigenvalue weighted by atomic mass is 16.5. The molecular weight excluding hydrogens is 234 g/mol. The van der Waals surface area contributed by atoms with Gasteiger partial charge in [0.05, 0.1) is 0 Å². The van der Waals surface area contributed by atoms with Crippen LogP contribution < -0.4 is 10.1 Å². The molecule has 0 unspecified atom stereocenters. The van der Waals surface area contributed by atoms with Crippen molar-refractivity contribution in [1.82, 2.24) is 5.32 Å². The molecule has 0 aromatic heterocycles. The Morgan fingerprint density at radius 2 is 1.79 bits per heavy atom. The van der Waals surface area contributed by atoms with Crippen molar-refractivity contribution in [3.8, 4) is 11.5 Å². The quantitative estimate of drug-likeness (QED) is 0.864. The first-order chi connectivity index (χ1) is 9.20. The number of ether oxygens (including phenoxy) is 1. The van der Waals surface area contributed by atoms with E-state index in [4.69, 9.17) is 4.74 Å². The van der Waals surface area contributed by atoms with Gasteiger partial charge in [-0.25, -0.2) is 0 Å². The van der Waals surface area contributed by atoms with Crippen molar-refractivity contribution in [3.63, 3.8) is 0 Å². The first-order valence-electron chi connectivity index (χ1n) is 6.74. The lowest BCUT2D eigenvalue weighted by Crippen LogP contribution is -2.12. The summed E-state index contributed by atoms with van der Waals surface area (Å²) in [5.41, 5.74) is 3.72. The minimum absolute atomic E-state index is 0.895. The monoisotopic (exact) mass is 255 g/mol. The molecule has 0 aliphatic rings. The Morgan fingerprint density at radius 1 is 1.00 bits per heavy atom. The molecule has 0 aliphatic heterocycles. The largest absolute Gasteiger partial charge is 0.457 e. The molecule has 0 atom stereocenters. The molecule has 2 aromatic carbocycles. The van der Waals surface area contributed by atoms with E-state index in [1.807, 2.05) is 24.3 Å². The molecule has 100 valence electrons. The minimum Gasteiger partial charge on any atom is -0.457 e. The highest BCUT2D eigenvalue weighted by Crippen LogP contribution is 2.26. The average Bonchev–Trinajstić information content (AvgIpc) is 2.40. The molecule has 0 saturated heterocycles. The topological polar surface area (TPSA) is 21.3 Å². The average molecular weight is 255 g/mol. The number of aryl methyl sites for hydroxylation is 2. The van der Waals surface area contributed by atoms with Gasteiger partial charge in [0.1, 0.15) is 11.5 Å². The van der Waals surface area contributed by atoms with Gasteiger partial charge in [-0.15, -0.1) is 0 Å².